The fraction of sp³-hybridized carbons (Fsp3) is 0.900. The summed E-state index contributed by atoms with van der Waals surface area (Å²) in [5, 5.41) is 9.20. The van der Waals surface area contributed by atoms with Crippen molar-refractivity contribution in [3.63, 3.8) is 0 Å². The van der Waals surface area contributed by atoms with E-state index in [9.17, 15) is 4.79 Å². The van der Waals surface area contributed by atoms with Crippen molar-refractivity contribution in [1.29, 1.82) is 0 Å². The first-order chi connectivity index (χ1) is 6.02. The Morgan fingerprint density at radius 2 is 1.85 bits per heavy atom. The highest BCUT2D eigenvalue weighted by molar-refractivity contribution is 8.01. The topological polar surface area (TPSA) is 37.3 Å². The molecule has 0 saturated heterocycles. The molecule has 0 heterocycles. The summed E-state index contributed by atoms with van der Waals surface area (Å²) >= 11 is 1.59. The molecule has 0 aromatic carbocycles. The molecule has 0 amide bonds. The van der Waals surface area contributed by atoms with E-state index in [1.165, 1.54) is 0 Å². The van der Waals surface area contributed by atoms with E-state index < -0.39 is 5.97 Å². The molecule has 3 unspecified atom stereocenters. The van der Waals surface area contributed by atoms with Crippen LogP contribution in [0.1, 0.15) is 40.5 Å². The number of rotatable bonds is 6. The van der Waals surface area contributed by atoms with Gasteiger partial charge in [0.05, 0.1) is 0 Å². The van der Waals surface area contributed by atoms with E-state index in [2.05, 4.69) is 13.8 Å². The second kappa shape index (κ2) is 6.30. The fourth-order valence-electron chi connectivity index (χ4n) is 0.996. The van der Waals surface area contributed by atoms with Crippen LogP contribution >= 0.6 is 11.8 Å². The first-order valence-electron chi connectivity index (χ1n) is 4.91. The van der Waals surface area contributed by atoms with Crippen LogP contribution in [0, 0.1) is 5.92 Å². The van der Waals surface area contributed by atoms with Gasteiger partial charge in [0.25, 0.3) is 0 Å². The van der Waals surface area contributed by atoms with Crippen LogP contribution in [-0.2, 0) is 4.79 Å². The Balaban J connectivity index is 4.17. The van der Waals surface area contributed by atoms with Crippen molar-refractivity contribution in [2.75, 3.05) is 0 Å². The van der Waals surface area contributed by atoms with E-state index in [0.29, 0.717) is 5.25 Å². The van der Waals surface area contributed by atoms with Crippen molar-refractivity contribution in [2.24, 2.45) is 5.92 Å². The minimum atomic E-state index is -0.667. The van der Waals surface area contributed by atoms with E-state index in [4.69, 9.17) is 5.11 Å². The Labute approximate surface area is 85.1 Å². The molecule has 0 spiro atoms. The van der Waals surface area contributed by atoms with E-state index in [0.717, 1.165) is 12.8 Å². The third kappa shape index (κ3) is 4.55. The minimum Gasteiger partial charge on any atom is -0.480 e. The van der Waals surface area contributed by atoms with Crippen molar-refractivity contribution in [1.82, 2.24) is 0 Å². The zero-order valence-corrected chi connectivity index (χ0v) is 9.73. The van der Waals surface area contributed by atoms with Crippen molar-refractivity contribution in [2.45, 2.75) is 51.0 Å². The first kappa shape index (κ1) is 12.8. The zero-order chi connectivity index (χ0) is 10.4. The molecular weight excluding hydrogens is 184 g/mol. The predicted molar refractivity (Wildman–Crippen MR) is 58.2 cm³/mol. The highest BCUT2D eigenvalue weighted by Gasteiger charge is 2.25. The van der Waals surface area contributed by atoms with Crippen molar-refractivity contribution < 1.29 is 9.90 Å². The molecule has 13 heavy (non-hydrogen) atoms. The normalized spacial score (nSPS) is 17.8. The number of aliphatic carboxylic acids is 1. The molecule has 3 atom stereocenters. The Bertz CT molecular complexity index is 159. The highest BCUT2D eigenvalue weighted by Crippen LogP contribution is 2.27. The summed E-state index contributed by atoms with van der Waals surface area (Å²) in [6.07, 6.45) is 1.96. The van der Waals surface area contributed by atoms with Crippen molar-refractivity contribution >= 4 is 17.7 Å². The molecule has 0 aliphatic rings. The molecule has 0 bridgehead atoms. The number of carboxylic acids is 1. The lowest BCUT2D eigenvalue weighted by atomic mass is 10.1. The molecule has 0 aromatic rings. The van der Waals surface area contributed by atoms with E-state index in [-0.39, 0.29) is 11.2 Å². The molecule has 0 aromatic heterocycles. The van der Waals surface area contributed by atoms with Gasteiger partial charge in [0.15, 0.2) is 0 Å². The molecule has 0 saturated carbocycles. The van der Waals surface area contributed by atoms with Crippen LogP contribution in [-0.4, -0.2) is 21.6 Å². The van der Waals surface area contributed by atoms with Crippen LogP contribution < -0.4 is 0 Å². The van der Waals surface area contributed by atoms with E-state index in [1.54, 1.807) is 11.8 Å². The molecule has 0 radical (unpaired) electrons. The van der Waals surface area contributed by atoms with Gasteiger partial charge in [0.2, 0.25) is 0 Å². The van der Waals surface area contributed by atoms with Gasteiger partial charge in [0, 0.05) is 5.25 Å². The van der Waals surface area contributed by atoms with Gasteiger partial charge in [0.1, 0.15) is 5.25 Å². The maximum atomic E-state index is 10.9. The summed E-state index contributed by atoms with van der Waals surface area (Å²) in [7, 11) is 0. The molecule has 2 nitrogen and oxygen atoms in total. The lowest BCUT2D eigenvalue weighted by Crippen LogP contribution is -2.26. The van der Waals surface area contributed by atoms with Gasteiger partial charge >= 0.3 is 5.97 Å². The second-order valence-corrected chi connectivity index (χ2v) is 5.08. The van der Waals surface area contributed by atoms with Crippen molar-refractivity contribution in [3.05, 3.63) is 0 Å². The molecule has 0 fully saturated rings. The smallest absolute Gasteiger partial charge is 0.316 e. The second-order valence-electron chi connectivity index (χ2n) is 3.50. The maximum Gasteiger partial charge on any atom is 0.316 e. The Hall–Kier alpha value is -0.180. The van der Waals surface area contributed by atoms with Crippen molar-refractivity contribution in [3.8, 4) is 0 Å². The maximum absolute atomic E-state index is 10.9. The minimum absolute atomic E-state index is 0.236. The van der Waals surface area contributed by atoms with Gasteiger partial charge in [-0.3, -0.25) is 4.79 Å². The van der Waals surface area contributed by atoms with Gasteiger partial charge in [-0.25, -0.2) is 0 Å². The Morgan fingerprint density at radius 1 is 1.31 bits per heavy atom. The van der Waals surface area contributed by atoms with Crippen LogP contribution in [0.4, 0.5) is 0 Å². The summed E-state index contributed by atoms with van der Waals surface area (Å²) in [5.41, 5.74) is 0. The average molecular weight is 204 g/mol. The van der Waals surface area contributed by atoms with Gasteiger partial charge in [-0.2, -0.15) is 0 Å². The number of carbonyl (C=O) groups is 1. The Morgan fingerprint density at radius 3 is 2.15 bits per heavy atom. The zero-order valence-electron chi connectivity index (χ0n) is 8.91. The summed E-state index contributed by atoms with van der Waals surface area (Å²) in [6.45, 7) is 8.22. The van der Waals surface area contributed by atoms with E-state index >= 15 is 0 Å². The van der Waals surface area contributed by atoms with Crippen LogP contribution in [0.25, 0.3) is 0 Å². The summed E-state index contributed by atoms with van der Waals surface area (Å²) in [4.78, 5) is 10.9. The lowest BCUT2D eigenvalue weighted by molar-refractivity contribution is -0.137. The predicted octanol–water partition coefficient (Wildman–Crippen LogP) is 3.02. The summed E-state index contributed by atoms with van der Waals surface area (Å²) in [5.74, 6) is -0.406. The summed E-state index contributed by atoms with van der Waals surface area (Å²) in [6, 6.07) is 0. The fourth-order valence-corrected chi connectivity index (χ4v) is 2.27. The monoisotopic (exact) mass is 204 g/mol. The molecule has 3 heteroatoms. The highest BCUT2D eigenvalue weighted by atomic mass is 32.2. The number of carboxylic acid groups (broad SMARTS) is 1. The van der Waals surface area contributed by atoms with E-state index in [1.807, 2.05) is 13.8 Å². The Kier molecular flexibility index (Phi) is 6.21. The first-order valence-corrected chi connectivity index (χ1v) is 5.85. The van der Waals surface area contributed by atoms with Gasteiger partial charge in [-0.15, -0.1) is 11.8 Å². The third-order valence-electron chi connectivity index (χ3n) is 2.36. The number of hydrogen-bond donors (Lipinski definition) is 1. The average Bonchev–Trinajstić information content (AvgIpc) is 2.11. The lowest BCUT2D eigenvalue weighted by Gasteiger charge is -2.21. The molecular formula is C10H20O2S. The summed E-state index contributed by atoms with van der Waals surface area (Å²) < 4.78 is 0. The quantitative estimate of drug-likeness (QED) is 0.722. The molecule has 1 N–H and O–H groups in total. The van der Waals surface area contributed by atoms with Gasteiger partial charge < -0.3 is 5.11 Å². The standard InChI is InChI=1S/C10H20O2S/c1-5-7(3)9(10(11)12)13-8(4)6-2/h7-9H,5-6H2,1-4H3,(H,11,12). The largest absolute Gasteiger partial charge is 0.480 e. The van der Waals surface area contributed by atoms with Crippen LogP contribution in [0.15, 0.2) is 0 Å². The number of thioether (sulfide) groups is 1. The molecule has 0 aliphatic carbocycles. The van der Waals surface area contributed by atoms with Gasteiger partial charge in [-0.05, 0) is 12.3 Å². The SMILES string of the molecule is CCC(C)SC(C(=O)O)C(C)CC. The molecule has 78 valence electrons. The number of hydrogen-bond acceptors (Lipinski definition) is 2. The van der Waals surface area contributed by atoms with Crippen LogP contribution in [0.3, 0.4) is 0 Å². The van der Waals surface area contributed by atoms with Gasteiger partial charge in [-0.1, -0.05) is 34.1 Å². The third-order valence-corrected chi connectivity index (χ3v) is 4.12. The molecule has 0 rings (SSSR count). The van der Waals surface area contributed by atoms with Crippen LogP contribution in [0.2, 0.25) is 0 Å². The van der Waals surface area contributed by atoms with Crippen LogP contribution in [0.5, 0.6) is 0 Å². The molecule has 0 aliphatic heterocycles.